The van der Waals surface area contributed by atoms with Gasteiger partial charge in [-0.3, -0.25) is 4.79 Å². The van der Waals surface area contributed by atoms with Crippen molar-refractivity contribution >= 4 is 15.7 Å². The average Bonchev–Trinajstić information content (AvgIpc) is 2.60. The number of benzene rings is 2. The summed E-state index contributed by atoms with van der Waals surface area (Å²) in [5.41, 5.74) is -0.379. The molecule has 142 valence electrons. The van der Waals surface area contributed by atoms with Gasteiger partial charge < -0.3 is 14.8 Å². The standard InChI is InChI=1S/C19H18FNO5S/c1-19-10-15(14-9-12(25-2)5-8-16(14)26-19)17(18(22)21-19)27(23,24)13-6-3-11(20)4-7-13/h3-9,15,17H,10H2,1-2H3,(H,21,22)/t15-,17-,19-/m0/s1. The van der Waals surface area contributed by atoms with Gasteiger partial charge in [0.1, 0.15) is 17.3 Å². The van der Waals surface area contributed by atoms with Crippen LogP contribution in [0.15, 0.2) is 47.4 Å². The molecule has 0 spiro atoms. The fourth-order valence-electron chi connectivity index (χ4n) is 3.84. The fourth-order valence-corrected chi connectivity index (χ4v) is 5.66. The van der Waals surface area contributed by atoms with Gasteiger partial charge in [0.25, 0.3) is 0 Å². The number of sulfone groups is 1. The monoisotopic (exact) mass is 391 g/mol. The molecule has 2 aliphatic rings. The van der Waals surface area contributed by atoms with E-state index in [0.29, 0.717) is 23.5 Å². The molecule has 0 aromatic heterocycles. The van der Waals surface area contributed by atoms with Gasteiger partial charge in [-0.2, -0.15) is 0 Å². The Balaban J connectivity index is 1.86. The quantitative estimate of drug-likeness (QED) is 0.813. The van der Waals surface area contributed by atoms with Gasteiger partial charge in [0.05, 0.1) is 12.0 Å². The van der Waals surface area contributed by atoms with E-state index in [1.807, 2.05) is 0 Å². The first-order chi connectivity index (χ1) is 12.7. The number of piperidine rings is 1. The molecule has 0 radical (unpaired) electrons. The van der Waals surface area contributed by atoms with E-state index in [1.165, 1.54) is 19.2 Å². The van der Waals surface area contributed by atoms with Crippen LogP contribution < -0.4 is 14.8 Å². The molecular formula is C19H18FNO5S. The molecule has 0 aliphatic carbocycles. The van der Waals surface area contributed by atoms with E-state index in [2.05, 4.69) is 5.32 Å². The predicted molar refractivity (Wildman–Crippen MR) is 94.9 cm³/mol. The van der Waals surface area contributed by atoms with Crippen molar-refractivity contribution in [3.05, 3.63) is 53.8 Å². The summed E-state index contributed by atoms with van der Waals surface area (Å²) < 4.78 is 50.8. The van der Waals surface area contributed by atoms with Gasteiger partial charge >= 0.3 is 0 Å². The van der Waals surface area contributed by atoms with Crippen molar-refractivity contribution in [2.45, 2.75) is 35.1 Å². The zero-order chi connectivity index (χ0) is 19.4. The van der Waals surface area contributed by atoms with Crippen LogP contribution in [0.25, 0.3) is 0 Å². The Morgan fingerprint density at radius 3 is 2.59 bits per heavy atom. The number of nitrogens with one attached hydrogen (secondary N) is 1. The van der Waals surface area contributed by atoms with Crippen molar-refractivity contribution in [1.29, 1.82) is 0 Å². The number of carbonyl (C=O) groups excluding carboxylic acids is 1. The zero-order valence-electron chi connectivity index (χ0n) is 14.7. The second-order valence-corrected chi connectivity index (χ2v) is 9.03. The Kier molecular flexibility index (Phi) is 3.92. The van der Waals surface area contributed by atoms with Crippen LogP contribution >= 0.6 is 0 Å². The molecule has 1 saturated heterocycles. The average molecular weight is 391 g/mol. The Hall–Kier alpha value is -2.61. The molecule has 4 rings (SSSR count). The Morgan fingerprint density at radius 2 is 1.93 bits per heavy atom. The third-order valence-electron chi connectivity index (χ3n) is 5.05. The highest BCUT2D eigenvalue weighted by molar-refractivity contribution is 7.92. The smallest absolute Gasteiger partial charge is 0.242 e. The lowest BCUT2D eigenvalue weighted by Crippen LogP contribution is -2.63. The molecule has 3 atom stereocenters. The van der Waals surface area contributed by atoms with E-state index in [1.54, 1.807) is 25.1 Å². The second kappa shape index (κ2) is 5.95. The summed E-state index contributed by atoms with van der Waals surface area (Å²) in [6.45, 7) is 1.71. The second-order valence-electron chi connectivity index (χ2n) is 6.96. The van der Waals surface area contributed by atoms with E-state index >= 15 is 0 Å². The van der Waals surface area contributed by atoms with Gasteiger partial charge in [-0.1, -0.05) is 0 Å². The van der Waals surface area contributed by atoms with Crippen LogP contribution in [0.2, 0.25) is 0 Å². The van der Waals surface area contributed by atoms with E-state index in [4.69, 9.17) is 9.47 Å². The molecule has 1 N–H and O–H groups in total. The van der Waals surface area contributed by atoms with Crippen LogP contribution in [0.4, 0.5) is 4.39 Å². The highest BCUT2D eigenvalue weighted by Crippen LogP contribution is 2.48. The van der Waals surface area contributed by atoms with Crippen molar-refractivity contribution in [3.8, 4) is 11.5 Å². The number of hydrogen-bond donors (Lipinski definition) is 1. The molecule has 2 aromatic rings. The summed E-state index contributed by atoms with van der Waals surface area (Å²) in [5, 5.41) is 1.34. The Morgan fingerprint density at radius 1 is 1.22 bits per heavy atom. The normalized spacial score (nSPS) is 26.6. The number of rotatable bonds is 3. The van der Waals surface area contributed by atoms with Crippen molar-refractivity contribution in [1.82, 2.24) is 5.32 Å². The lowest BCUT2D eigenvalue weighted by Gasteiger charge is -2.46. The number of carbonyl (C=O) groups is 1. The molecule has 0 saturated carbocycles. The van der Waals surface area contributed by atoms with Gasteiger partial charge in [-0.05, 0) is 49.4 Å². The number of amides is 1. The van der Waals surface area contributed by atoms with Crippen molar-refractivity contribution < 1.29 is 27.1 Å². The van der Waals surface area contributed by atoms with E-state index in [-0.39, 0.29) is 4.90 Å². The van der Waals surface area contributed by atoms with Crippen LogP contribution in [0.5, 0.6) is 11.5 Å². The van der Waals surface area contributed by atoms with Crippen LogP contribution in [-0.2, 0) is 14.6 Å². The third kappa shape index (κ3) is 2.84. The maximum Gasteiger partial charge on any atom is 0.242 e. The number of fused-ring (bicyclic) bond motifs is 4. The summed E-state index contributed by atoms with van der Waals surface area (Å²) in [5.74, 6) is -0.737. The van der Waals surface area contributed by atoms with Crippen LogP contribution in [0, 0.1) is 5.82 Å². The number of methoxy groups -OCH3 is 1. The summed E-state index contributed by atoms with van der Waals surface area (Å²) in [6, 6.07) is 9.62. The molecule has 6 nitrogen and oxygen atoms in total. The molecule has 8 heteroatoms. The lowest BCUT2D eigenvalue weighted by molar-refractivity contribution is -0.132. The summed E-state index contributed by atoms with van der Waals surface area (Å²) >= 11 is 0. The minimum absolute atomic E-state index is 0.0939. The van der Waals surface area contributed by atoms with Gasteiger partial charge in [0, 0.05) is 17.9 Å². The van der Waals surface area contributed by atoms with Crippen molar-refractivity contribution in [2.75, 3.05) is 7.11 Å². The van der Waals surface area contributed by atoms with E-state index in [9.17, 15) is 17.6 Å². The largest absolute Gasteiger partial charge is 0.497 e. The maximum absolute atomic E-state index is 13.2. The topological polar surface area (TPSA) is 81.7 Å². The third-order valence-corrected chi connectivity index (χ3v) is 7.19. The molecule has 2 aromatic carbocycles. The lowest BCUT2D eigenvalue weighted by atomic mass is 9.81. The van der Waals surface area contributed by atoms with Crippen molar-refractivity contribution in [2.24, 2.45) is 0 Å². The Labute approximate surface area is 156 Å². The van der Waals surface area contributed by atoms with Gasteiger partial charge in [-0.15, -0.1) is 0 Å². The molecule has 2 aliphatic heterocycles. The van der Waals surface area contributed by atoms with Gasteiger partial charge in [-0.25, -0.2) is 12.8 Å². The highest BCUT2D eigenvalue weighted by Gasteiger charge is 2.54. The molecule has 1 fully saturated rings. The van der Waals surface area contributed by atoms with Gasteiger partial charge in [0.15, 0.2) is 20.8 Å². The maximum atomic E-state index is 13.2. The van der Waals surface area contributed by atoms with Crippen LogP contribution in [0.3, 0.4) is 0 Å². The number of hydrogen-bond acceptors (Lipinski definition) is 5. The summed E-state index contributed by atoms with van der Waals surface area (Å²) in [4.78, 5) is 12.7. The molecule has 27 heavy (non-hydrogen) atoms. The number of halogens is 1. The first-order valence-electron chi connectivity index (χ1n) is 8.42. The van der Waals surface area contributed by atoms with E-state index in [0.717, 1.165) is 12.1 Å². The molecular weight excluding hydrogens is 373 g/mol. The van der Waals surface area contributed by atoms with Crippen LogP contribution in [0.1, 0.15) is 24.8 Å². The summed E-state index contributed by atoms with van der Waals surface area (Å²) in [6.07, 6.45) is 0.296. The zero-order valence-corrected chi connectivity index (χ0v) is 15.5. The van der Waals surface area contributed by atoms with Gasteiger partial charge in [0.2, 0.25) is 5.91 Å². The minimum atomic E-state index is -4.04. The molecule has 2 bridgehead atoms. The van der Waals surface area contributed by atoms with Crippen molar-refractivity contribution in [3.63, 3.8) is 0 Å². The molecule has 0 unspecified atom stereocenters. The SMILES string of the molecule is COc1ccc2c(c1)[C@@H]1C[C@@](C)(NC(=O)[C@H]1S(=O)(=O)c1ccc(F)cc1)O2. The minimum Gasteiger partial charge on any atom is -0.497 e. The highest BCUT2D eigenvalue weighted by atomic mass is 32.2. The fraction of sp³-hybridized carbons (Fsp3) is 0.316. The molecule has 2 heterocycles. The first kappa shape index (κ1) is 17.8. The number of ether oxygens (including phenoxy) is 2. The molecule has 1 amide bonds. The van der Waals surface area contributed by atoms with E-state index < -0.39 is 38.5 Å². The van der Waals surface area contributed by atoms with Crippen LogP contribution in [-0.4, -0.2) is 32.4 Å². The Bertz CT molecular complexity index is 1020. The summed E-state index contributed by atoms with van der Waals surface area (Å²) in [7, 11) is -2.53. The predicted octanol–water partition coefficient (Wildman–Crippen LogP) is 2.39. The first-order valence-corrected chi connectivity index (χ1v) is 9.97.